The van der Waals surface area contributed by atoms with Crippen molar-refractivity contribution in [1.29, 1.82) is 0 Å². The highest BCUT2D eigenvalue weighted by atomic mass is 35.5. The molecule has 2 aromatic rings. The molecule has 0 saturated carbocycles. The highest BCUT2D eigenvalue weighted by molar-refractivity contribution is 6.31. The van der Waals surface area contributed by atoms with Gasteiger partial charge in [-0.05, 0) is 18.8 Å². The van der Waals surface area contributed by atoms with E-state index in [1.807, 2.05) is 4.90 Å². The lowest BCUT2D eigenvalue weighted by molar-refractivity contribution is 0.222. The van der Waals surface area contributed by atoms with Gasteiger partial charge in [-0.3, -0.25) is 4.98 Å². The first-order valence-corrected chi connectivity index (χ1v) is 7.54. The summed E-state index contributed by atoms with van der Waals surface area (Å²) in [6.07, 6.45) is 7.64. The Morgan fingerprint density at radius 1 is 1.27 bits per heavy atom. The number of hydrogen-bond acceptors (Lipinski definition) is 5. The highest BCUT2D eigenvalue weighted by Crippen LogP contribution is 2.26. The molecule has 1 saturated heterocycles. The van der Waals surface area contributed by atoms with Crippen LogP contribution in [0.3, 0.4) is 0 Å². The summed E-state index contributed by atoms with van der Waals surface area (Å²) in [6.45, 7) is 2.11. The normalized spacial score (nSPS) is 15.8. The number of nitrogens with zero attached hydrogens (tertiary/aromatic N) is 4. The summed E-state index contributed by atoms with van der Waals surface area (Å²) in [5.41, 5.74) is 0. The molecule has 0 amide bonds. The average Bonchev–Trinajstić information content (AvgIpc) is 2.55. The number of pyridine rings is 1. The third kappa shape index (κ3) is 3.44. The van der Waals surface area contributed by atoms with E-state index in [1.54, 1.807) is 18.5 Å². The monoisotopic (exact) mass is 322 g/mol. The van der Waals surface area contributed by atoms with Gasteiger partial charge in [0.25, 0.3) is 0 Å². The zero-order valence-electron chi connectivity index (χ0n) is 12.0. The molecule has 0 aromatic carbocycles. The van der Waals surface area contributed by atoms with Crippen LogP contribution in [0, 0.1) is 11.7 Å². The van der Waals surface area contributed by atoms with E-state index in [4.69, 9.17) is 16.3 Å². The molecule has 1 fully saturated rings. The van der Waals surface area contributed by atoms with Crippen molar-refractivity contribution in [2.24, 2.45) is 5.92 Å². The van der Waals surface area contributed by atoms with Crippen LogP contribution in [-0.2, 0) is 0 Å². The molecule has 2 aromatic heterocycles. The standard InChI is InChI=1S/C15H16ClFN4O/c16-12-7-18-4-1-14(12)22-9-11-2-5-21(6-3-11)15-13(17)8-19-10-20-15/h1,4,7-8,10-11H,2-3,5-6,9H2. The second kappa shape index (κ2) is 6.87. The lowest BCUT2D eigenvalue weighted by Gasteiger charge is -2.32. The fraction of sp³-hybridized carbons (Fsp3) is 0.400. The van der Waals surface area contributed by atoms with Gasteiger partial charge < -0.3 is 9.64 Å². The van der Waals surface area contributed by atoms with Gasteiger partial charge in [0.15, 0.2) is 11.6 Å². The first kappa shape index (κ1) is 15.0. The number of ether oxygens (including phenoxy) is 1. The SMILES string of the molecule is Fc1cncnc1N1CCC(COc2ccncc2Cl)CC1. The van der Waals surface area contributed by atoms with E-state index >= 15 is 0 Å². The zero-order valence-corrected chi connectivity index (χ0v) is 12.7. The maximum Gasteiger partial charge on any atom is 0.183 e. The summed E-state index contributed by atoms with van der Waals surface area (Å²) >= 11 is 6.01. The minimum absolute atomic E-state index is 0.374. The van der Waals surface area contributed by atoms with E-state index < -0.39 is 0 Å². The Kier molecular flexibility index (Phi) is 4.68. The molecule has 0 N–H and O–H groups in total. The molecular formula is C15H16ClFN4O. The molecule has 22 heavy (non-hydrogen) atoms. The minimum Gasteiger partial charge on any atom is -0.492 e. The van der Waals surface area contributed by atoms with E-state index in [0.29, 0.717) is 29.1 Å². The summed E-state index contributed by atoms with van der Waals surface area (Å²) in [5.74, 6) is 1.08. The minimum atomic E-state index is -0.374. The van der Waals surface area contributed by atoms with Crippen LogP contribution in [0.1, 0.15) is 12.8 Å². The second-order valence-electron chi connectivity index (χ2n) is 5.24. The Bertz CT molecular complexity index is 634. The quantitative estimate of drug-likeness (QED) is 0.866. The molecule has 0 bridgehead atoms. The van der Waals surface area contributed by atoms with E-state index in [-0.39, 0.29) is 5.82 Å². The molecule has 3 rings (SSSR count). The molecule has 7 heteroatoms. The number of aromatic nitrogens is 3. The number of halogens is 2. The summed E-state index contributed by atoms with van der Waals surface area (Å²) < 4.78 is 19.4. The molecule has 1 aliphatic heterocycles. The fourth-order valence-corrected chi connectivity index (χ4v) is 2.71. The molecule has 1 aliphatic rings. The summed E-state index contributed by atoms with van der Waals surface area (Å²) in [7, 11) is 0. The number of piperidine rings is 1. The van der Waals surface area contributed by atoms with Gasteiger partial charge in [-0.2, -0.15) is 0 Å². The average molecular weight is 323 g/mol. The van der Waals surface area contributed by atoms with Gasteiger partial charge in [0.05, 0.1) is 12.8 Å². The summed E-state index contributed by atoms with van der Waals surface area (Å²) in [6, 6.07) is 1.76. The van der Waals surface area contributed by atoms with Gasteiger partial charge >= 0.3 is 0 Å². The Balaban J connectivity index is 1.52. The lowest BCUT2D eigenvalue weighted by Crippen LogP contribution is -2.36. The molecule has 0 spiro atoms. The van der Waals surface area contributed by atoms with Crippen LogP contribution in [0.5, 0.6) is 5.75 Å². The molecule has 0 aliphatic carbocycles. The van der Waals surface area contributed by atoms with Crippen molar-refractivity contribution >= 4 is 17.4 Å². The smallest absolute Gasteiger partial charge is 0.183 e. The maximum absolute atomic E-state index is 13.7. The lowest BCUT2D eigenvalue weighted by atomic mass is 9.98. The van der Waals surface area contributed by atoms with Gasteiger partial charge in [-0.15, -0.1) is 0 Å². The van der Waals surface area contributed by atoms with Crippen LogP contribution < -0.4 is 9.64 Å². The van der Waals surface area contributed by atoms with Gasteiger partial charge in [-0.1, -0.05) is 11.6 Å². The largest absolute Gasteiger partial charge is 0.492 e. The molecule has 0 radical (unpaired) electrons. The van der Waals surface area contributed by atoms with Crippen molar-refractivity contribution in [2.75, 3.05) is 24.6 Å². The van der Waals surface area contributed by atoms with E-state index in [9.17, 15) is 4.39 Å². The Hall–Kier alpha value is -1.95. The van der Waals surface area contributed by atoms with Crippen molar-refractivity contribution in [1.82, 2.24) is 15.0 Å². The van der Waals surface area contributed by atoms with Crippen LogP contribution in [-0.4, -0.2) is 34.6 Å². The number of rotatable bonds is 4. The molecule has 116 valence electrons. The number of hydrogen-bond donors (Lipinski definition) is 0. The Morgan fingerprint density at radius 3 is 2.82 bits per heavy atom. The Morgan fingerprint density at radius 2 is 2.09 bits per heavy atom. The van der Waals surface area contributed by atoms with E-state index in [1.165, 1.54) is 12.5 Å². The summed E-state index contributed by atoms with van der Waals surface area (Å²) in [5, 5.41) is 0.517. The topological polar surface area (TPSA) is 51.1 Å². The van der Waals surface area contributed by atoms with Crippen molar-refractivity contribution in [2.45, 2.75) is 12.8 Å². The van der Waals surface area contributed by atoms with Gasteiger partial charge in [0.1, 0.15) is 17.1 Å². The van der Waals surface area contributed by atoms with Gasteiger partial charge in [-0.25, -0.2) is 14.4 Å². The maximum atomic E-state index is 13.7. The van der Waals surface area contributed by atoms with Crippen LogP contribution in [0.15, 0.2) is 31.0 Å². The van der Waals surface area contributed by atoms with Gasteiger partial charge in [0.2, 0.25) is 0 Å². The summed E-state index contributed by atoms with van der Waals surface area (Å²) in [4.78, 5) is 13.6. The van der Waals surface area contributed by atoms with Crippen molar-refractivity contribution < 1.29 is 9.13 Å². The highest BCUT2D eigenvalue weighted by Gasteiger charge is 2.22. The van der Waals surface area contributed by atoms with Crippen molar-refractivity contribution in [3.63, 3.8) is 0 Å². The first-order chi connectivity index (χ1) is 10.7. The van der Waals surface area contributed by atoms with Crippen LogP contribution >= 0.6 is 11.6 Å². The van der Waals surface area contributed by atoms with E-state index in [2.05, 4.69) is 15.0 Å². The predicted molar refractivity (Wildman–Crippen MR) is 81.7 cm³/mol. The molecular weight excluding hydrogens is 307 g/mol. The van der Waals surface area contributed by atoms with E-state index in [0.717, 1.165) is 25.9 Å². The zero-order chi connectivity index (χ0) is 15.4. The number of anilines is 1. The van der Waals surface area contributed by atoms with Crippen LogP contribution in [0.2, 0.25) is 5.02 Å². The van der Waals surface area contributed by atoms with Crippen molar-refractivity contribution in [3.8, 4) is 5.75 Å². The third-order valence-corrected chi connectivity index (χ3v) is 4.06. The predicted octanol–water partition coefficient (Wildman–Crippen LogP) is 2.96. The van der Waals surface area contributed by atoms with Gasteiger partial charge in [0, 0.05) is 31.5 Å². The fourth-order valence-electron chi connectivity index (χ4n) is 2.54. The van der Waals surface area contributed by atoms with Crippen LogP contribution in [0.4, 0.5) is 10.2 Å². The molecule has 5 nitrogen and oxygen atoms in total. The molecule has 3 heterocycles. The van der Waals surface area contributed by atoms with Crippen LogP contribution in [0.25, 0.3) is 0 Å². The molecule has 0 unspecified atom stereocenters. The molecule has 0 atom stereocenters. The first-order valence-electron chi connectivity index (χ1n) is 7.17. The van der Waals surface area contributed by atoms with Crippen molar-refractivity contribution in [3.05, 3.63) is 41.8 Å². The second-order valence-corrected chi connectivity index (χ2v) is 5.65. The Labute approximate surface area is 133 Å². The third-order valence-electron chi connectivity index (χ3n) is 3.77.